The van der Waals surface area contributed by atoms with Crippen molar-refractivity contribution in [3.63, 3.8) is 0 Å². The Labute approximate surface area is 101 Å². The van der Waals surface area contributed by atoms with E-state index in [9.17, 15) is 5.11 Å². The maximum atomic E-state index is 9.23. The molecule has 1 aromatic rings. The van der Waals surface area contributed by atoms with Crippen molar-refractivity contribution in [2.75, 3.05) is 33.5 Å². The Hall–Kier alpha value is -1.30. The molecule has 1 aromatic carbocycles. The van der Waals surface area contributed by atoms with Gasteiger partial charge in [0.1, 0.15) is 30.8 Å². The van der Waals surface area contributed by atoms with E-state index in [0.29, 0.717) is 19.0 Å². The van der Waals surface area contributed by atoms with Crippen molar-refractivity contribution < 1.29 is 19.3 Å². The predicted molar refractivity (Wildman–Crippen MR) is 64.4 cm³/mol. The number of hydrogen-bond acceptors (Lipinski definition) is 5. The molecule has 0 heterocycles. The number of aliphatic hydroxyl groups excluding tert-OH is 1. The van der Waals surface area contributed by atoms with E-state index in [1.165, 1.54) is 0 Å². The third-order valence-corrected chi connectivity index (χ3v) is 2.09. The summed E-state index contributed by atoms with van der Waals surface area (Å²) < 4.78 is 15.6. The van der Waals surface area contributed by atoms with Crippen molar-refractivity contribution in [2.24, 2.45) is 5.73 Å². The fraction of sp³-hybridized carbons (Fsp3) is 0.500. The average molecular weight is 241 g/mol. The van der Waals surface area contributed by atoms with Gasteiger partial charge in [-0.1, -0.05) is 0 Å². The summed E-state index contributed by atoms with van der Waals surface area (Å²) in [5.74, 6) is 1.44. The highest BCUT2D eigenvalue weighted by molar-refractivity contribution is 5.31. The topological polar surface area (TPSA) is 73.9 Å². The van der Waals surface area contributed by atoms with Crippen molar-refractivity contribution in [1.29, 1.82) is 0 Å². The number of ether oxygens (including phenoxy) is 3. The lowest BCUT2D eigenvalue weighted by Crippen LogP contribution is -2.26. The van der Waals surface area contributed by atoms with Gasteiger partial charge in [0.15, 0.2) is 0 Å². The molecule has 1 unspecified atom stereocenters. The minimum Gasteiger partial charge on any atom is -0.491 e. The van der Waals surface area contributed by atoms with Gasteiger partial charge in [-0.25, -0.2) is 0 Å². The molecule has 0 aliphatic heterocycles. The average Bonchev–Trinajstić information content (AvgIpc) is 2.37. The Morgan fingerprint density at radius 2 is 1.71 bits per heavy atom. The minimum atomic E-state index is -0.632. The van der Waals surface area contributed by atoms with Crippen LogP contribution in [-0.4, -0.2) is 44.7 Å². The van der Waals surface area contributed by atoms with E-state index in [0.717, 1.165) is 5.75 Å². The lowest BCUT2D eigenvalue weighted by molar-refractivity contribution is 0.114. The summed E-state index contributed by atoms with van der Waals surface area (Å²) >= 11 is 0. The first kappa shape index (κ1) is 13.8. The Kier molecular flexibility index (Phi) is 6.39. The van der Waals surface area contributed by atoms with Crippen LogP contribution in [0.25, 0.3) is 0 Å². The number of rotatable bonds is 8. The molecule has 96 valence electrons. The fourth-order valence-electron chi connectivity index (χ4n) is 1.14. The van der Waals surface area contributed by atoms with Gasteiger partial charge in [0, 0.05) is 13.7 Å². The van der Waals surface area contributed by atoms with Crippen LogP contribution < -0.4 is 15.2 Å². The summed E-state index contributed by atoms with van der Waals surface area (Å²) in [6.07, 6.45) is -0.632. The van der Waals surface area contributed by atoms with Gasteiger partial charge in [-0.15, -0.1) is 0 Å². The number of benzene rings is 1. The van der Waals surface area contributed by atoms with Crippen LogP contribution in [-0.2, 0) is 4.74 Å². The quantitative estimate of drug-likeness (QED) is 0.645. The molecule has 5 heteroatoms. The summed E-state index contributed by atoms with van der Waals surface area (Å²) in [5.41, 5.74) is 5.27. The molecule has 0 aromatic heterocycles. The van der Waals surface area contributed by atoms with Gasteiger partial charge in [-0.2, -0.15) is 0 Å². The maximum absolute atomic E-state index is 9.23. The molecule has 1 rings (SSSR count). The summed E-state index contributed by atoms with van der Waals surface area (Å²) in [6.45, 7) is 1.46. The predicted octanol–water partition coefficient (Wildman–Crippen LogP) is 0.410. The highest BCUT2D eigenvalue weighted by Gasteiger charge is 2.02. The largest absolute Gasteiger partial charge is 0.491 e. The molecule has 0 bridgehead atoms. The van der Waals surface area contributed by atoms with Gasteiger partial charge in [0.25, 0.3) is 0 Å². The van der Waals surface area contributed by atoms with Crippen LogP contribution in [0.4, 0.5) is 0 Å². The van der Waals surface area contributed by atoms with Crippen molar-refractivity contribution in [3.8, 4) is 11.5 Å². The van der Waals surface area contributed by atoms with Crippen molar-refractivity contribution in [1.82, 2.24) is 0 Å². The first-order chi connectivity index (χ1) is 8.26. The second kappa shape index (κ2) is 7.89. The molecule has 0 spiro atoms. The van der Waals surface area contributed by atoms with E-state index in [-0.39, 0.29) is 13.2 Å². The normalized spacial score (nSPS) is 12.2. The van der Waals surface area contributed by atoms with E-state index in [2.05, 4.69) is 0 Å². The summed E-state index contributed by atoms with van der Waals surface area (Å²) in [5, 5.41) is 9.23. The van der Waals surface area contributed by atoms with Gasteiger partial charge in [0.05, 0.1) is 6.61 Å². The molecule has 0 fully saturated rings. The van der Waals surface area contributed by atoms with E-state index in [1.54, 1.807) is 31.4 Å². The van der Waals surface area contributed by atoms with Gasteiger partial charge in [-0.05, 0) is 24.3 Å². The standard InChI is InChI=1S/C12H19NO4/c1-15-6-7-16-11-2-4-12(5-3-11)17-9-10(14)8-13/h2-5,10,14H,6-9,13H2,1H3. The zero-order chi connectivity index (χ0) is 12.5. The molecule has 0 saturated carbocycles. The molecule has 0 aliphatic rings. The second-order valence-electron chi connectivity index (χ2n) is 3.51. The van der Waals surface area contributed by atoms with Crippen LogP contribution >= 0.6 is 0 Å². The molecule has 0 aliphatic carbocycles. The molecule has 5 nitrogen and oxygen atoms in total. The zero-order valence-electron chi connectivity index (χ0n) is 9.96. The van der Waals surface area contributed by atoms with Crippen LogP contribution in [0.3, 0.4) is 0 Å². The Morgan fingerprint density at radius 1 is 1.12 bits per heavy atom. The zero-order valence-corrected chi connectivity index (χ0v) is 9.96. The number of aliphatic hydroxyl groups is 1. The first-order valence-corrected chi connectivity index (χ1v) is 5.49. The highest BCUT2D eigenvalue weighted by Crippen LogP contribution is 2.17. The minimum absolute atomic E-state index is 0.193. The van der Waals surface area contributed by atoms with Crippen LogP contribution in [0, 0.1) is 0 Å². The van der Waals surface area contributed by atoms with E-state index < -0.39 is 6.10 Å². The number of hydrogen-bond donors (Lipinski definition) is 2. The molecule has 17 heavy (non-hydrogen) atoms. The van der Waals surface area contributed by atoms with E-state index >= 15 is 0 Å². The third kappa shape index (κ3) is 5.53. The van der Waals surface area contributed by atoms with Gasteiger partial charge in [-0.3, -0.25) is 0 Å². The highest BCUT2D eigenvalue weighted by atomic mass is 16.5. The van der Waals surface area contributed by atoms with Crippen molar-refractivity contribution >= 4 is 0 Å². The van der Waals surface area contributed by atoms with Crippen molar-refractivity contribution in [3.05, 3.63) is 24.3 Å². The van der Waals surface area contributed by atoms with Crippen LogP contribution in [0.15, 0.2) is 24.3 Å². The molecule has 0 amide bonds. The Bertz CT molecular complexity index is 302. The molecular weight excluding hydrogens is 222 g/mol. The number of nitrogens with two attached hydrogens (primary N) is 1. The van der Waals surface area contributed by atoms with E-state index in [4.69, 9.17) is 19.9 Å². The number of methoxy groups -OCH3 is 1. The second-order valence-corrected chi connectivity index (χ2v) is 3.51. The van der Waals surface area contributed by atoms with Crippen molar-refractivity contribution in [2.45, 2.75) is 6.10 Å². The van der Waals surface area contributed by atoms with Crippen LogP contribution in [0.5, 0.6) is 11.5 Å². The van der Waals surface area contributed by atoms with Crippen LogP contribution in [0.1, 0.15) is 0 Å². The molecule has 0 saturated heterocycles. The first-order valence-electron chi connectivity index (χ1n) is 5.49. The maximum Gasteiger partial charge on any atom is 0.119 e. The molecule has 1 atom stereocenters. The van der Waals surface area contributed by atoms with Gasteiger partial charge < -0.3 is 25.1 Å². The lowest BCUT2D eigenvalue weighted by atomic mass is 10.3. The smallest absolute Gasteiger partial charge is 0.119 e. The third-order valence-electron chi connectivity index (χ3n) is 2.09. The van der Waals surface area contributed by atoms with E-state index in [1.807, 2.05) is 0 Å². The van der Waals surface area contributed by atoms with Crippen LogP contribution in [0.2, 0.25) is 0 Å². The summed E-state index contributed by atoms with van der Waals surface area (Å²) in [6, 6.07) is 7.18. The molecule has 0 radical (unpaired) electrons. The molecular formula is C12H19NO4. The lowest BCUT2D eigenvalue weighted by Gasteiger charge is -2.11. The van der Waals surface area contributed by atoms with Gasteiger partial charge >= 0.3 is 0 Å². The fourth-order valence-corrected chi connectivity index (χ4v) is 1.14. The SMILES string of the molecule is COCCOc1ccc(OCC(O)CN)cc1. The van der Waals surface area contributed by atoms with Gasteiger partial charge in [0.2, 0.25) is 0 Å². The summed E-state index contributed by atoms with van der Waals surface area (Å²) in [7, 11) is 1.63. The Morgan fingerprint density at radius 3 is 2.24 bits per heavy atom. The molecule has 3 N–H and O–H groups in total. The monoisotopic (exact) mass is 241 g/mol. The summed E-state index contributed by atoms with van der Waals surface area (Å²) in [4.78, 5) is 0. The Balaban J connectivity index is 2.34.